The SMILES string of the molecule is CCCN1CCC(Nc2cccc(C(C)C)c2)CC1. The number of nitrogens with one attached hydrogen (secondary N) is 1. The molecule has 1 aliphatic rings. The molecule has 1 aromatic carbocycles. The van der Waals surface area contributed by atoms with Crippen molar-refractivity contribution in [3.05, 3.63) is 29.8 Å². The van der Waals surface area contributed by atoms with Crippen LogP contribution in [0.25, 0.3) is 0 Å². The molecule has 1 saturated heterocycles. The zero-order valence-corrected chi connectivity index (χ0v) is 12.7. The van der Waals surface area contributed by atoms with E-state index in [1.807, 2.05) is 0 Å². The summed E-state index contributed by atoms with van der Waals surface area (Å²) in [5.41, 5.74) is 2.72. The first kappa shape index (κ1) is 14.4. The molecule has 1 aliphatic heterocycles. The molecule has 19 heavy (non-hydrogen) atoms. The van der Waals surface area contributed by atoms with Crippen LogP contribution in [0.5, 0.6) is 0 Å². The van der Waals surface area contributed by atoms with E-state index in [-0.39, 0.29) is 0 Å². The Balaban J connectivity index is 1.87. The minimum absolute atomic E-state index is 0.605. The van der Waals surface area contributed by atoms with Crippen molar-refractivity contribution in [1.82, 2.24) is 4.90 Å². The highest BCUT2D eigenvalue weighted by molar-refractivity contribution is 5.47. The van der Waals surface area contributed by atoms with Crippen molar-refractivity contribution in [1.29, 1.82) is 0 Å². The first-order valence-corrected chi connectivity index (χ1v) is 7.78. The Bertz CT molecular complexity index is 379. The van der Waals surface area contributed by atoms with Crippen molar-refractivity contribution >= 4 is 5.69 Å². The van der Waals surface area contributed by atoms with Gasteiger partial charge in [0.25, 0.3) is 0 Å². The largest absolute Gasteiger partial charge is 0.382 e. The predicted molar refractivity (Wildman–Crippen MR) is 83.9 cm³/mol. The lowest BCUT2D eigenvalue weighted by atomic mass is 10.0. The van der Waals surface area contributed by atoms with Gasteiger partial charge in [-0.25, -0.2) is 0 Å². The van der Waals surface area contributed by atoms with Crippen molar-refractivity contribution in [3.63, 3.8) is 0 Å². The van der Waals surface area contributed by atoms with E-state index in [1.165, 1.54) is 50.1 Å². The summed E-state index contributed by atoms with van der Waals surface area (Å²) in [6.07, 6.45) is 3.81. The van der Waals surface area contributed by atoms with Crippen LogP contribution in [-0.2, 0) is 0 Å². The summed E-state index contributed by atoms with van der Waals surface area (Å²) < 4.78 is 0. The molecule has 106 valence electrons. The lowest BCUT2D eigenvalue weighted by molar-refractivity contribution is 0.219. The Morgan fingerprint density at radius 1 is 1.26 bits per heavy atom. The van der Waals surface area contributed by atoms with E-state index in [4.69, 9.17) is 0 Å². The van der Waals surface area contributed by atoms with Crippen LogP contribution in [0.1, 0.15) is 51.5 Å². The number of likely N-dealkylation sites (tertiary alicyclic amines) is 1. The van der Waals surface area contributed by atoms with Crippen LogP contribution in [0.2, 0.25) is 0 Å². The molecule has 2 rings (SSSR count). The number of hydrogen-bond donors (Lipinski definition) is 1. The zero-order valence-electron chi connectivity index (χ0n) is 12.7. The van der Waals surface area contributed by atoms with E-state index < -0.39 is 0 Å². The van der Waals surface area contributed by atoms with Crippen LogP contribution in [0.3, 0.4) is 0 Å². The Kier molecular flexibility index (Phi) is 5.26. The first-order chi connectivity index (χ1) is 9.19. The third-order valence-corrected chi connectivity index (χ3v) is 4.05. The lowest BCUT2D eigenvalue weighted by Crippen LogP contribution is -2.39. The van der Waals surface area contributed by atoms with Crippen molar-refractivity contribution < 1.29 is 0 Å². The van der Waals surface area contributed by atoms with Crippen LogP contribution in [-0.4, -0.2) is 30.6 Å². The fourth-order valence-corrected chi connectivity index (χ4v) is 2.84. The second kappa shape index (κ2) is 6.95. The van der Waals surface area contributed by atoms with Gasteiger partial charge in [0.15, 0.2) is 0 Å². The van der Waals surface area contributed by atoms with Crippen LogP contribution >= 0.6 is 0 Å². The molecule has 0 aromatic heterocycles. The minimum atomic E-state index is 0.605. The molecule has 1 fully saturated rings. The monoisotopic (exact) mass is 260 g/mol. The van der Waals surface area contributed by atoms with Gasteiger partial charge < -0.3 is 10.2 Å². The highest BCUT2D eigenvalue weighted by atomic mass is 15.1. The summed E-state index contributed by atoms with van der Waals surface area (Å²) in [6, 6.07) is 9.55. The molecule has 2 nitrogen and oxygen atoms in total. The molecule has 0 aliphatic carbocycles. The molecule has 2 heteroatoms. The van der Waals surface area contributed by atoms with Gasteiger partial charge in [-0.2, -0.15) is 0 Å². The molecule has 0 spiro atoms. The summed E-state index contributed by atoms with van der Waals surface area (Å²) in [6.45, 7) is 10.5. The highest BCUT2D eigenvalue weighted by Gasteiger charge is 2.18. The second-order valence-corrected chi connectivity index (χ2v) is 6.04. The molecule has 0 unspecified atom stereocenters. The van der Waals surface area contributed by atoms with Crippen molar-refractivity contribution in [2.45, 2.75) is 52.0 Å². The lowest BCUT2D eigenvalue weighted by Gasteiger charge is -2.32. The number of rotatable bonds is 5. The van der Waals surface area contributed by atoms with Gasteiger partial charge >= 0.3 is 0 Å². The Morgan fingerprint density at radius 3 is 2.63 bits per heavy atom. The average Bonchev–Trinajstić information content (AvgIpc) is 2.42. The molecule has 1 heterocycles. The smallest absolute Gasteiger partial charge is 0.0345 e. The molecule has 1 aromatic rings. The third kappa shape index (κ3) is 4.24. The summed E-state index contributed by atoms with van der Waals surface area (Å²) in [7, 11) is 0. The topological polar surface area (TPSA) is 15.3 Å². The van der Waals surface area contributed by atoms with Crippen LogP contribution in [0, 0.1) is 0 Å². The van der Waals surface area contributed by atoms with E-state index in [9.17, 15) is 0 Å². The summed E-state index contributed by atoms with van der Waals surface area (Å²) in [5, 5.41) is 3.71. The van der Waals surface area contributed by atoms with Crippen LogP contribution < -0.4 is 5.32 Å². The van der Waals surface area contributed by atoms with Gasteiger partial charge in [0.2, 0.25) is 0 Å². The Morgan fingerprint density at radius 2 is 2.00 bits per heavy atom. The van der Waals surface area contributed by atoms with Gasteiger partial charge in [0.1, 0.15) is 0 Å². The normalized spacial score (nSPS) is 17.9. The predicted octanol–water partition coefficient (Wildman–Crippen LogP) is 4.10. The maximum atomic E-state index is 3.71. The second-order valence-electron chi connectivity index (χ2n) is 6.04. The average molecular weight is 260 g/mol. The van der Waals surface area contributed by atoms with Crippen molar-refractivity contribution in [2.24, 2.45) is 0 Å². The van der Waals surface area contributed by atoms with E-state index in [0.717, 1.165) is 0 Å². The van der Waals surface area contributed by atoms with Crippen LogP contribution in [0.15, 0.2) is 24.3 Å². The molecule has 0 saturated carbocycles. The summed E-state index contributed by atoms with van der Waals surface area (Å²) in [5.74, 6) is 0.605. The van der Waals surface area contributed by atoms with Gasteiger partial charge in [-0.05, 0) is 49.4 Å². The Labute approximate surface area is 118 Å². The van der Waals surface area contributed by atoms with Crippen molar-refractivity contribution in [2.75, 3.05) is 25.0 Å². The number of benzene rings is 1. The van der Waals surface area contributed by atoms with E-state index >= 15 is 0 Å². The molecule has 0 atom stereocenters. The first-order valence-electron chi connectivity index (χ1n) is 7.78. The van der Waals surface area contributed by atoms with E-state index in [2.05, 4.69) is 55.3 Å². The van der Waals surface area contributed by atoms with E-state index in [0.29, 0.717) is 12.0 Å². The number of anilines is 1. The summed E-state index contributed by atoms with van der Waals surface area (Å²) in [4.78, 5) is 2.59. The molecular weight excluding hydrogens is 232 g/mol. The molecule has 0 radical (unpaired) electrons. The quantitative estimate of drug-likeness (QED) is 0.857. The van der Waals surface area contributed by atoms with Gasteiger partial charge in [-0.1, -0.05) is 32.9 Å². The van der Waals surface area contributed by atoms with Gasteiger partial charge in [-0.15, -0.1) is 0 Å². The fourth-order valence-electron chi connectivity index (χ4n) is 2.84. The minimum Gasteiger partial charge on any atom is -0.382 e. The zero-order chi connectivity index (χ0) is 13.7. The fraction of sp³-hybridized carbons (Fsp3) is 0.647. The Hall–Kier alpha value is -1.02. The molecular formula is C17H28N2. The standard InChI is InChI=1S/C17H28N2/c1-4-10-19-11-8-16(9-12-19)18-17-7-5-6-15(13-17)14(2)3/h5-7,13-14,16,18H,4,8-12H2,1-3H3. The number of nitrogens with zero attached hydrogens (tertiary/aromatic N) is 1. The molecule has 0 bridgehead atoms. The van der Waals surface area contributed by atoms with Gasteiger partial charge in [0, 0.05) is 24.8 Å². The maximum absolute atomic E-state index is 3.71. The van der Waals surface area contributed by atoms with E-state index in [1.54, 1.807) is 0 Å². The molecule has 1 N–H and O–H groups in total. The number of piperidine rings is 1. The number of hydrogen-bond acceptors (Lipinski definition) is 2. The van der Waals surface area contributed by atoms with Gasteiger partial charge in [-0.3, -0.25) is 0 Å². The highest BCUT2D eigenvalue weighted by Crippen LogP contribution is 2.21. The van der Waals surface area contributed by atoms with Crippen molar-refractivity contribution in [3.8, 4) is 0 Å². The van der Waals surface area contributed by atoms with Gasteiger partial charge in [0.05, 0.1) is 0 Å². The van der Waals surface area contributed by atoms with Crippen LogP contribution in [0.4, 0.5) is 5.69 Å². The summed E-state index contributed by atoms with van der Waals surface area (Å²) >= 11 is 0. The maximum Gasteiger partial charge on any atom is 0.0345 e. The third-order valence-electron chi connectivity index (χ3n) is 4.05. The molecule has 0 amide bonds.